The summed E-state index contributed by atoms with van der Waals surface area (Å²) in [7, 11) is 0. The van der Waals surface area contributed by atoms with Gasteiger partial charge < -0.3 is 29.7 Å². The van der Waals surface area contributed by atoms with Crippen LogP contribution in [0.4, 0.5) is 0 Å². The standard InChI is InChI=1S/C28H34N4O4.C28H37N3O4.CH4/c1-26(2)10-8-17(9-11-26)23-18(12-22(33)24-30-16-20(15-29)31-24)6-7-21(32-23)19-13-27(3,4)36-28(5,14-19)25(34)35;1-17-16-29-24(30-17)22(32)13-19-7-8-21(31-23(19)18-9-11-26(2,3)12-10-18)20-14-27(4,5)35-28(6,15-20)25(33)34;/h6-8,16,19H,9-14H2,1-5H3,(H,30,31)(H,34,35);7-9,16,20H,10-15H2,1-6H3,(H,29,30)(H,33,34);1H4/i8D,9D2,10D;9D,10D2,12D;. The number of carbonyl (C=O) groups excluding carboxylic acids is 2. The summed E-state index contributed by atoms with van der Waals surface area (Å²) >= 11 is 0. The van der Waals surface area contributed by atoms with E-state index in [0.29, 0.717) is 35.4 Å². The average molecular weight is 994 g/mol. The highest BCUT2D eigenvalue weighted by Crippen LogP contribution is 2.47. The van der Waals surface area contributed by atoms with Crippen molar-refractivity contribution in [2.75, 3.05) is 0 Å². The normalized spacial score (nSPS) is 30.3. The maximum absolute atomic E-state index is 13.1. The molecule has 4 N–H and O–H groups in total. The first-order chi connectivity index (χ1) is 36.2. The van der Waals surface area contributed by atoms with Crippen molar-refractivity contribution in [2.45, 2.75) is 195 Å². The van der Waals surface area contributed by atoms with Gasteiger partial charge in [0.1, 0.15) is 11.8 Å². The van der Waals surface area contributed by atoms with Crippen LogP contribution in [0.15, 0.2) is 48.8 Å². The van der Waals surface area contributed by atoms with Crippen molar-refractivity contribution in [2.24, 2.45) is 10.8 Å². The van der Waals surface area contributed by atoms with Crippen LogP contribution >= 0.6 is 0 Å². The van der Waals surface area contributed by atoms with Crippen molar-refractivity contribution < 1.29 is 49.8 Å². The summed E-state index contributed by atoms with van der Waals surface area (Å²) in [5.74, 6) is -3.46. The number of aromatic amines is 2. The molecule has 0 amide bonds. The number of carboxylic acid groups (broad SMARTS) is 2. The topological polar surface area (TPSA) is 234 Å². The van der Waals surface area contributed by atoms with Gasteiger partial charge in [-0.15, -0.1) is 0 Å². The third kappa shape index (κ3) is 12.9. The first-order valence-electron chi connectivity index (χ1n) is 28.1. The molecular formula is C57H75N7O8. The highest BCUT2D eigenvalue weighted by Gasteiger charge is 2.49. The number of H-pyrrole nitrogens is 2. The Kier molecular flexibility index (Phi) is 12.9. The molecule has 0 bridgehead atoms. The largest absolute Gasteiger partial charge is 0.479 e. The van der Waals surface area contributed by atoms with Gasteiger partial charge in [-0.3, -0.25) is 19.6 Å². The molecule has 4 aromatic heterocycles. The van der Waals surface area contributed by atoms with E-state index in [1.807, 2.05) is 33.8 Å². The number of aromatic nitrogens is 6. The second-order valence-electron chi connectivity index (χ2n) is 22.4. The van der Waals surface area contributed by atoms with E-state index in [1.165, 1.54) is 13.1 Å². The number of aryl methyl sites for hydroxylation is 1. The van der Waals surface area contributed by atoms with Crippen molar-refractivity contribution in [1.82, 2.24) is 29.9 Å². The number of aliphatic carboxylic acids is 2. The van der Waals surface area contributed by atoms with Gasteiger partial charge in [-0.2, -0.15) is 5.26 Å². The van der Waals surface area contributed by atoms with Crippen LogP contribution in [-0.2, 0) is 31.9 Å². The number of nitrogens with zero attached hydrogens (tertiary/aromatic N) is 5. The zero-order valence-corrected chi connectivity index (χ0v) is 42.5. The van der Waals surface area contributed by atoms with E-state index in [9.17, 15) is 29.4 Å². The number of hydrogen-bond acceptors (Lipinski definition) is 11. The molecule has 2 saturated heterocycles. The number of allylic oxidation sites excluding steroid dienone is 4. The quantitative estimate of drug-likeness (QED) is 0.0968. The van der Waals surface area contributed by atoms with Gasteiger partial charge in [-0.25, -0.2) is 19.6 Å². The van der Waals surface area contributed by atoms with E-state index in [-0.39, 0.29) is 116 Å². The van der Waals surface area contributed by atoms with E-state index in [2.05, 4.69) is 19.9 Å². The third-order valence-electron chi connectivity index (χ3n) is 13.3. The van der Waals surface area contributed by atoms with Crippen LogP contribution in [0.5, 0.6) is 0 Å². The van der Waals surface area contributed by atoms with Crippen LogP contribution < -0.4 is 0 Å². The lowest BCUT2D eigenvalue weighted by Gasteiger charge is -2.44. The molecular weight excluding hydrogens is 911 g/mol. The molecule has 6 heterocycles. The Morgan fingerprint density at radius 2 is 1.21 bits per heavy atom. The Hall–Kier alpha value is -6.11. The number of carboxylic acids is 2. The van der Waals surface area contributed by atoms with Crippen LogP contribution in [0, 0.1) is 29.1 Å². The molecule has 15 nitrogen and oxygen atoms in total. The molecule has 2 fully saturated rings. The van der Waals surface area contributed by atoms with Gasteiger partial charge in [-0.1, -0.05) is 59.4 Å². The number of imidazole rings is 2. The minimum atomic E-state index is -2.20. The lowest BCUT2D eigenvalue weighted by Crippen LogP contribution is -2.51. The SMILES string of the molecule is C.[2H]C1=C(c2nc(C3CC(C)(C)OC(C)(C(=O)O)C3)ccc2CC(=O)c2ncc(C#N)[nH]2)C([2H])([2H])CC(C)(C)C1[2H].[2H]C1=C(c2nc(C3CC(C)(C)OC(C)(C(=O)O)C3)ccc2CC(=O)c2ncc(C)[nH]2)C([2H])([2H])C([2H])C(C)(C)C1. The molecule has 2 aliphatic heterocycles. The Morgan fingerprint density at radius 1 is 0.722 bits per heavy atom. The van der Waals surface area contributed by atoms with Gasteiger partial charge in [0.15, 0.2) is 22.9 Å². The molecule has 15 heteroatoms. The van der Waals surface area contributed by atoms with Crippen molar-refractivity contribution in [3.05, 3.63) is 106 Å². The van der Waals surface area contributed by atoms with Gasteiger partial charge in [0, 0.05) is 56.2 Å². The van der Waals surface area contributed by atoms with E-state index < -0.39 is 76.5 Å². The first kappa shape index (κ1) is 44.6. The number of ether oxygens (including phenoxy) is 2. The van der Waals surface area contributed by atoms with Gasteiger partial charge in [-0.05, 0) is 158 Å². The molecule has 0 aromatic carbocycles. The number of nitriles is 1. The lowest BCUT2D eigenvalue weighted by atomic mass is 9.76. The summed E-state index contributed by atoms with van der Waals surface area (Å²) in [6, 6.07) is 8.54. The van der Waals surface area contributed by atoms with E-state index in [0.717, 1.165) is 5.69 Å². The molecule has 0 radical (unpaired) electrons. The van der Waals surface area contributed by atoms with E-state index >= 15 is 0 Å². The van der Waals surface area contributed by atoms with Gasteiger partial charge in [0.2, 0.25) is 11.6 Å². The van der Waals surface area contributed by atoms with Crippen LogP contribution in [0.1, 0.15) is 230 Å². The van der Waals surface area contributed by atoms with Crippen molar-refractivity contribution in [1.29, 1.82) is 5.26 Å². The summed E-state index contributed by atoms with van der Waals surface area (Å²) < 4.78 is 82.5. The summed E-state index contributed by atoms with van der Waals surface area (Å²) in [6.45, 7) is 19.2. The summed E-state index contributed by atoms with van der Waals surface area (Å²) in [6.07, 6.45) is -2.52. The fourth-order valence-electron chi connectivity index (χ4n) is 9.78. The average Bonchev–Trinajstić information content (AvgIpc) is 3.99. The van der Waals surface area contributed by atoms with Crippen molar-refractivity contribution in [3.8, 4) is 6.07 Å². The first-order valence-corrected chi connectivity index (χ1v) is 23.9. The maximum Gasteiger partial charge on any atom is 0.335 e. The summed E-state index contributed by atoms with van der Waals surface area (Å²) in [4.78, 5) is 73.8. The second kappa shape index (κ2) is 20.8. The Morgan fingerprint density at radius 3 is 1.67 bits per heavy atom. The highest BCUT2D eigenvalue weighted by atomic mass is 16.6. The fourth-order valence-corrected chi connectivity index (χ4v) is 9.78. The number of ketones is 2. The lowest BCUT2D eigenvalue weighted by molar-refractivity contribution is -0.200. The third-order valence-corrected chi connectivity index (χ3v) is 13.3. The van der Waals surface area contributed by atoms with Gasteiger partial charge >= 0.3 is 11.9 Å². The molecule has 2 aliphatic carbocycles. The number of Topliss-reactive ketones (excluding diaryl/α,β-unsaturated/α-hetero) is 2. The number of nitrogens with one attached hydrogen (secondary N) is 2. The van der Waals surface area contributed by atoms with Gasteiger partial charge in [0.05, 0.1) is 31.5 Å². The van der Waals surface area contributed by atoms with E-state index in [4.69, 9.17) is 35.7 Å². The fraction of sp³-hybridized carbons (Fsp3) is 0.561. The monoisotopic (exact) mass is 994 g/mol. The predicted molar refractivity (Wildman–Crippen MR) is 275 cm³/mol. The predicted octanol–water partition coefficient (Wildman–Crippen LogP) is 11.5. The molecule has 0 spiro atoms. The molecule has 4 aliphatic rings. The van der Waals surface area contributed by atoms with Crippen molar-refractivity contribution in [3.63, 3.8) is 0 Å². The number of rotatable bonds is 12. The van der Waals surface area contributed by atoms with Crippen LogP contribution in [0.2, 0.25) is 0 Å². The molecule has 0 saturated carbocycles. The number of carbonyl (C=O) groups is 4. The van der Waals surface area contributed by atoms with Crippen LogP contribution in [-0.4, -0.2) is 86.0 Å². The zero-order valence-electron chi connectivity index (χ0n) is 50.5. The number of pyridine rings is 2. The maximum atomic E-state index is 13.1. The summed E-state index contributed by atoms with van der Waals surface area (Å²) in [5.41, 5.74) is -3.05. The van der Waals surface area contributed by atoms with Crippen LogP contribution in [0.3, 0.4) is 0 Å². The number of hydrogen-bond donors (Lipinski definition) is 4. The molecule has 72 heavy (non-hydrogen) atoms. The minimum Gasteiger partial charge on any atom is -0.479 e. The highest BCUT2D eigenvalue weighted by molar-refractivity contribution is 5.95. The Balaban J connectivity index is 0.000000255. The Bertz CT molecular complexity index is 3210. The Labute approximate surface area is 436 Å². The van der Waals surface area contributed by atoms with E-state index in [1.54, 1.807) is 72.0 Å². The molecule has 8 rings (SSSR count). The second-order valence-corrected chi connectivity index (χ2v) is 22.4. The smallest absolute Gasteiger partial charge is 0.335 e. The molecule has 386 valence electrons. The zero-order chi connectivity index (χ0) is 59.0. The van der Waals surface area contributed by atoms with Crippen molar-refractivity contribution >= 4 is 34.7 Å². The molecule has 6 unspecified atom stereocenters. The minimum absolute atomic E-state index is 0. The summed E-state index contributed by atoms with van der Waals surface area (Å²) in [5, 5.41) is 28.9. The molecule has 6 atom stereocenters. The van der Waals surface area contributed by atoms with Crippen LogP contribution in [0.25, 0.3) is 11.1 Å². The molecule has 4 aromatic rings. The van der Waals surface area contributed by atoms with Gasteiger partial charge in [0.25, 0.3) is 0 Å².